The fourth-order valence-electron chi connectivity index (χ4n) is 3.04. The van der Waals surface area contributed by atoms with Crippen LogP contribution in [0.15, 0.2) is 42.5 Å². The topological polar surface area (TPSA) is 61.4 Å². The van der Waals surface area contributed by atoms with E-state index in [1.165, 1.54) is 0 Å². The lowest BCUT2D eigenvalue weighted by Crippen LogP contribution is -2.47. The molecule has 1 aliphatic rings. The van der Waals surface area contributed by atoms with E-state index in [9.17, 15) is 9.59 Å². The summed E-state index contributed by atoms with van der Waals surface area (Å²) in [6, 6.07) is 13.5. The van der Waals surface area contributed by atoms with E-state index in [1.807, 2.05) is 56.3 Å². The molecule has 0 aromatic heterocycles. The van der Waals surface area contributed by atoms with E-state index < -0.39 is 0 Å². The predicted octanol–water partition coefficient (Wildman–Crippen LogP) is 2.49. The highest BCUT2D eigenvalue weighted by Gasteiger charge is 2.16. The molecule has 1 fully saturated rings. The van der Waals surface area contributed by atoms with Gasteiger partial charge in [-0.25, -0.2) is 0 Å². The van der Waals surface area contributed by atoms with Gasteiger partial charge in [0.1, 0.15) is 0 Å². The van der Waals surface area contributed by atoms with E-state index in [2.05, 4.69) is 15.5 Å². The molecule has 25 heavy (non-hydrogen) atoms. The van der Waals surface area contributed by atoms with Crippen LogP contribution in [0.3, 0.4) is 0 Å². The van der Waals surface area contributed by atoms with Crippen molar-refractivity contribution in [1.82, 2.24) is 10.2 Å². The van der Waals surface area contributed by atoms with Crippen LogP contribution in [-0.2, 0) is 11.3 Å². The van der Waals surface area contributed by atoms with Crippen molar-refractivity contribution in [2.75, 3.05) is 25.0 Å². The van der Waals surface area contributed by atoms with Gasteiger partial charge in [-0.05, 0) is 42.7 Å². The van der Waals surface area contributed by atoms with E-state index in [-0.39, 0.29) is 11.8 Å². The molecule has 1 saturated heterocycles. The molecule has 0 atom stereocenters. The maximum atomic E-state index is 12.5. The lowest BCUT2D eigenvalue weighted by molar-refractivity contribution is -0.124. The highest BCUT2D eigenvalue weighted by molar-refractivity contribution is 6.05. The minimum absolute atomic E-state index is 0.0656. The number of carbonyl (C=O) groups excluding carboxylic acids is 2. The normalized spacial score (nSPS) is 14.9. The Balaban J connectivity index is 1.65. The Morgan fingerprint density at radius 2 is 1.80 bits per heavy atom. The van der Waals surface area contributed by atoms with Gasteiger partial charge in [0.2, 0.25) is 5.91 Å². The summed E-state index contributed by atoms with van der Waals surface area (Å²) in [5.41, 5.74) is 4.69. The fourth-order valence-corrected chi connectivity index (χ4v) is 3.04. The third-order valence-electron chi connectivity index (χ3n) is 4.46. The summed E-state index contributed by atoms with van der Waals surface area (Å²) < 4.78 is 0. The standard InChI is InChI=1S/C20H23N3O2/c1-14-4-3-5-15(2)19(14)22-20(25)17-8-6-16(7-9-17)12-23-11-10-21-18(24)13-23/h3-9H,10-13H2,1-2H3,(H,21,24)(H,22,25). The lowest BCUT2D eigenvalue weighted by atomic mass is 10.1. The summed E-state index contributed by atoms with van der Waals surface area (Å²) in [4.78, 5) is 26.0. The number of piperazine rings is 1. The van der Waals surface area contributed by atoms with Crippen LogP contribution < -0.4 is 10.6 Å². The van der Waals surface area contributed by atoms with Gasteiger partial charge in [-0.2, -0.15) is 0 Å². The average molecular weight is 337 g/mol. The molecular formula is C20H23N3O2. The number of aryl methyl sites for hydroxylation is 2. The van der Waals surface area contributed by atoms with Crippen molar-refractivity contribution in [2.45, 2.75) is 20.4 Å². The minimum atomic E-state index is -0.110. The molecule has 0 bridgehead atoms. The molecule has 0 spiro atoms. The summed E-state index contributed by atoms with van der Waals surface area (Å²) in [6.07, 6.45) is 0. The van der Waals surface area contributed by atoms with E-state index >= 15 is 0 Å². The zero-order chi connectivity index (χ0) is 17.8. The molecule has 3 rings (SSSR count). The predicted molar refractivity (Wildman–Crippen MR) is 98.6 cm³/mol. The summed E-state index contributed by atoms with van der Waals surface area (Å²) in [7, 11) is 0. The monoisotopic (exact) mass is 337 g/mol. The van der Waals surface area contributed by atoms with Gasteiger partial charge in [0.05, 0.1) is 6.54 Å². The zero-order valence-electron chi connectivity index (χ0n) is 14.6. The molecule has 0 aliphatic carbocycles. The van der Waals surface area contributed by atoms with Crippen molar-refractivity contribution in [2.24, 2.45) is 0 Å². The highest BCUT2D eigenvalue weighted by Crippen LogP contribution is 2.20. The maximum absolute atomic E-state index is 12.5. The molecule has 1 aliphatic heterocycles. The number of hydrogen-bond acceptors (Lipinski definition) is 3. The van der Waals surface area contributed by atoms with Crippen molar-refractivity contribution in [3.8, 4) is 0 Å². The fraction of sp³-hybridized carbons (Fsp3) is 0.300. The van der Waals surface area contributed by atoms with E-state index in [0.29, 0.717) is 25.2 Å². The van der Waals surface area contributed by atoms with Crippen molar-refractivity contribution in [3.05, 3.63) is 64.7 Å². The Bertz CT molecular complexity index is 764. The third kappa shape index (κ3) is 4.25. The van der Waals surface area contributed by atoms with Crippen molar-refractivity contribution >= 4 is 17.5 Å². The zero-order valence-corrected chi connectivity index (χ0v) is 14.6. The second-order valence-electron chi connectivity index (χ2n) is 6.48. The quantitative estimate of drug-likeness (QED) is 0.901. The summed E-state index contributed by atoms with van der Waals surface area (Å²) in [6.45, 7) is 6.65. The Morgan fingerprint density at radius 3 is 2.44 bits per heavy atom. The SMILES string of the molecule is Cc1cccc(C)c1NC(=O)c1ccc(CN2CCNC(=O)C2)cc1. The van der Waals surface area contributed by atoms with Crippen LogP contribution in [0.4, 0.5) is 5.69 Å². The van der Waals surface area contributed by atoms with Gasteiger partial charge in [-0.1, -0.05) is 30.3 Å². The smallest absolute Gasteiger partial charge is 0.255 e. The van der Waals surface area contributed by atoms with E-state index in [1.54, 1.807) is 0 Å². The molecule has 0 unspecified atom stereocenters. The number of nitrogens with one attached hydrogen (secondary N) is 2. The molecule has 2 N–H and O–H groups in total. The average Bonchev–Trinajstić information content (AvgIpc) is 2.59. The number of para-hydroxylation sites is 1. The van der Waals surface area contributed by atoms with Gasteiger partial charge in [0.15, 0.2) is 0 Å². The first-order valence-electron chi connectivity index (χ1n) is 8.48. The van der Waals surface area contributed by atoms with Crippen LogP contribution >= 0.6 is 0 Å². The van der Waals surface area contributed by atoms with Crippen LogP contribution in [0.2, 0.25) is 0 Å². The molecule has 0 radical (unpaired) electrons. The molecule has 2 aromatic rings. The molecule has 1 heterocycles. The maximum Gasteiger partial charge on any atom is 0.255 e. The van der Waals surface area contributed by atoms with Crippen molar-refractivity contribution in [1.29, 1.82) is 0 Å². The van der Waals surface area contributed by atoms with Gasteiger partial charge in [-0.15, -0.1) is 0 Å². The van der Waals surface area contributed by atoms with Gasteiger partial charge in [-0.3, -0.25) is 14.5 Å². The molecule has 0 saturated carbocycles. The van der Waals surface area contributed by atoms with Gasteiger partial charge in [0, 0.05) is 30.9 Å². The second kappa shape index (κ2) is 7.49. The van der Waals surface area contributed by atoms with Gasteiger partial charge >= 0.3 is 0 Å². The Morgan fingerprint density at radius 1 is 1.12 bits per heavy atom. The molecule has 5 nitrogen and oxygen atoms in total. The van der Waals surface area contributed by atoms with Crippen LogP contribution in [0.1, 0.15) is 27.0 Å². The Labute approximate surface area is 148 Å². The van der Waals surface area contributed by atoms with Crippen LogP contribution in [-0.4, -0.2) is 36.3 Å². The number of nitrogens with zero attached hydrogens (tertiary/aromatic N) is 1. The molecule has 2 aromatic carbocycles. The molecule has 130 valence electrons. The Hall–Kier alpha value is -2.66. The molecule has 2 amide bonds. The number of rotatable bonds is 4. The van der Waals surface area contributed by atoms with Gasteiger partial charge < -0.3 is 10.6 Å². The van der Waals surface area contributed by atoms with Crippen LogP contribution in [0.25, 0.3) is 0 Å². The number of amides is 2. The lowest BCUT2D eigenvalue weighted by Gasteiger charge is -2.26. The number of carbonyl (C=O) groups is 2. The van der Waals surface area contributed by atoms with Crippen molar-refractivity contribution in [3.63, 3.8) is 0 Å². The second-order valence-corrected chi connectivity index (χ2v) is 6.48. The van der Waals surface area contributed by atoms with Crippen LogP contribution in [0.5, 0.6) is 0 Å². The van der Waals surface area contributed by atoms with E-state index in [4.69, 9.17) is 0 Å². The van der Waals surface area contributed by atoms with Crippen molar-refractivity contribution < 1.29 is 9.59 Å². The summed E-state index contributed by atoms with van der Waals surface area (Å²) in [5.74, 6) is -0.0443. The first-order valence-corrected chi connectivity index (χ1v) is 8.48. The first-order chi connectivity index (χ1) is 12.0. The molecular weight excluding hydrogens is 314 g/mol. The summed E-state index contributed by atoms with van der Waals surface area (Å²) >= 11 is 0. The van der Waals surface area contributed by atoms with Gasteiger partial charge in [0.25, 0.3) is 5.91 Å². The Kier molecular flexibility index (Phi) is 5.14. The minimum Gasteiger partial charge on any atom is -0.354 e. The first kappa shape index (κ1) is 17.2. The number of hydrogen-bond donors (Lipinski definition) is 2. The third-order valence-corrected chi connectivity index (χ3v) is 4.46. The summed E-state index contributed by atoms with van der Waals surface area (Å²) in [5, 5.41) is 5.82. The largest absolute Gasteiger partial charge is 0.354 e. The molecule has 5 heteroatoms. The highest BCUT2D eigenvalue weighted by atomic mass is 16.2. The number of benzene rings is 2. The number of anilines is 1. The van der Waals surface area contributed by atoms with E-state index in [0.717, 1.165) is 28.9 Å². The van der Waals surface area contributed by atoms with Crippen LogP contribution in [0, 0.1) is 13.8 Å².